The Morgan fingerprint density at radius 2 is 1.65 bits per heavy atom. The van der Waals surface area contributed by atoms with Gasteiger partial charge in [-0.3, -0.25) is 14.6 Å². The standard InChI is InChI=1S/C26H34N6O8/c1-15(11-16-12-21(38-3)24(40-5)22(13-16)39-4)23(33)17-8-9-20(37-2)19(14-17)30-25(34)18(31-32(35)36)7-6-10-29-26(27)28/h8-9,11-14,18,31H,6-7,10H2,1-5H3,(H,30,34)(H4,27,28,29)/t18-/m0/s1. The van der Waals surface area contributed by atoms with Gasteiger partial charge in [0.1, 0.15) is 5.75 Å². The number of nitro groups is 1. The molecule has 0 aliphatic rings. The number of rotatable bonds is 15. The molecule has 1 amide bonds. The minimum Gasteiger partial charge on any atom is -0.495 e. The van der Waals surface area contributed by atoms with Crippen LogP contribution in [0.4, 0.5) is 5.69 Å². The molecule has 0 fully saturated rings. The number of nitrogens with one attached hydrogen (secondary N) is 2. The highest BCUT2D eigenvalue weighted by atomic mass is 16.7. The van der Waals surface area contributed by atoms with Gasteiger partial charge < -0.3 is 35.7 Å². The van der Waals surface area contributed by atoms with Gasteiger partial charge in [0, 0.05) is 12.1 Å². The Bertz CT molecular complexity index is 1260. The molecule has 40 heavy (non-hydrogen) atoms. The topological polar surface area (TPSA) is 203 Å². The van der Waals surface area contributed by atoms with Crippen LogP contribution in [0.1, 0.15) is 35.7 Å². The van der Waals surface area contributed by atoms with Crippen LogP contribution in [0, 0.1) is 10.1 Å². The number of allylic oxidation sites excluding steroid dienone is 1. The second-order valence-electron chi connectivity index (χ2n) is 8.41. The maximum atomic E-state index is 13.3. The predicted molar refractivity (Wildman–Crippen MR) is 150 cm³/mol. The van der Waals surface area contributed by atoms with Crippen molar-refractivity contribution in [2.45, 2.75) is 25.8 Å². The molecule has 0 radical (unpaired) electrons. The molecule has 14 nitrogen and oxygen atoms in total. The molecule has 0 bridgehead atoms. The first kappa shape index (κ1) is 31.2. The van der Waals surface area contributed by atoms with E-state index in [0.717, 1.165) is 0 Å². The number of amides is 1. The molecule has 0 aliphatic carbocycles. The number of anilines is 1. The molecular formula is C26H34N6O8. The summed E-state index contributed by atoms with van der Waals surface area (Å²) in [5.41, 5.74) is 14.0. The van der Waals surface area contributed by atoms with E-state index in [1.807, 2.05) is 5.43 Å². The van der Waals surface area contributed by atoms with Gasteiger partial charge in [-0.25, -0.2) is 10.1 Å². The number of nitrogens with two attached hydrogens (primary N) is 2. The predicted octanol–water partition coefficient (Wildman–Crippen LogP) is 2.15. The Morgan fingerprint density at radius 3 is 2.17 bits per heavy atom. The van der Waals surface area contributed by atoms with E-state index in [2.05, 4.69) is 10.3 Å². The average molecular weight is 559 g/mol. The quantitative estimate of drug-likeness (QED) is 0.0474. The Morgan fingerprint density at radius 1 is 1.02 bits per heavy atom. The summed E-state index contributed by atoms with van der Waals surface area (Å²) in [6.45, 7) is 1.83. The minimum absolute atomic E-state index is 0.0706. The molecule has 1 atom stereocenters. The minimum atomic E-state index is -1.20. The molecule has 0 unspecified atom stereocenters. The highest BCUT2D eigenvalue weighted by Crippen LogP contribution is 2.39. The van der Waals surface area contributed by atoms with Crippen molar-refractivity contribution >= 4 is 29.4 Å². The van der Waals surface area contributed by atoms with Crippen LogP contribution in [0.3, 0.4) is 0 Å². The number of ketones is 1. The molecule has 0 aromatic heterocycles. The van der Waals surface area contributed by atoms with Gasteiger partial charge in [-0.05, 0) is 67.3 Å². The zero-order valence-corrected chi connectivity index (χ0v) is 23.0. The summed E-state index contributed by atoms with van der Waals surface area (Å²) in [6.07, 6.45) is 2.03. The van der Waals surface area contributed by atoms with Crippen molar-refractivity contribution in [1.29, 1.82) is 0 Å². The second kappa shape index (κ2) is 14.8. The van der Waals surface area contributed by atoms with E-state index in [0.29, 0.717) is 34.8 Å². The SMILES string of the molecule is COc1ccc(C(=O)C(C)=Cc2cc(OC)c(OC)c(OC)c2)cc1NC(=O)[C@H](CCCN=C(N)N)N[N+](=O)[O-]. The number of aliphatic imine (C=N–C) groups is 1. The Balaban J connectivity index is 2.32. The monoisotopic (exact) mass is 558 g/mol. The number of carbonyl (C=O) groups excluding carboxylic acids is 2. The molecule has 216 valence electrons. The highest BCUT2D eigenvalue weighted by Gasteiger charge is 2.24. The number of carbonyl (C=O) groups is 2. The first-order chi connectivity index (χ1) is 19.0. The molecule has 2 rings (SSSR count). The van der Waals surface area contributed by atoms with E-state index >= 15 is 0 Å². The Hall–Kier alpha value is -5.01. The number of methoxy groups -OCH3 is 4. The first-order valence-corrected chi connectivity index (χ1v) is 12.0. The van der Waals surface area contributed by atoms with Crippen LogP contribution >= 0.6 is 0 Å². The normalized spacial score (nSPS) is 11.6. The number of Topliss-reactive ketones (excluding diaryl/α,β-unsaturated/α-hetero) is 1. The number of benzene rings is 2. The lowest BCUT2D eigenvalue weighted by Gasteiger charge is -2.16. The van der Waals surface area contributed by atoms with Crippen molar-refractivity contribution < 1.29 is 33.6 Å². The van der Waals surface area contributed by atoms with Crippen molar-refractivity contribution in [1.82, 2.24) is 5.43 Å². The third-order valence-electron chi connectivity index (χ3n) is 5.67. The lowest BCUT2D eigenvalue weighted by Crippen LogP contribution is -2.43. The van der Waals surface area contributed by atoms with Gasteiger partial charge >= 0.3 is 0 Å². The summed E-state index contributed by atoms with van der Waals surface area (Å²) in [6, 6.07) is 6.71. The fourth-order valence-corrected chi connectivity index (χ4v) is 3.78. The van der Waals surface area contributed by atoms with E-state index in [9.17, 15) is 19.7 Å². The highest BCUT2D eigenvalue weighted by molar-refractivity contribution is 6.12. The maximum Gasteiger partial charge on any atom is 0.252 e. The summed E-state index contributed by atoms with van der Waals surface area (Å²) in [4.78, 5) is 41.1. The van der Waals surface area contributed by atoms with Gasteiger partial charge in [0.2, 0.25) is 5.75 Å². The zero-order valence-electron chi connectivity index (χ0n) is 23.0. The lowest BCUT2D eigenvalue weighted by atomic mass is 10.0. The smallest absolute Gasteiger partial charge is 0.252 e. The number of hydrogen-bond donors (Lipinski definition) is 4. The summed E-state index contributed by atoms with van der Waals surface area (Å²) < 4.78 is 21.4. The summed E-state index contributed by atoms with van der Waals surface area (Å²) in [5, 5.41) is 12.9. The van der Waals surface area contributed by atoms with E-state index in [1.165, 1.54) is 40.6 Å². The van der Waals surface area contributed by atoms with Crippen LogP contribution in [0.5, 0.6) is 23.0 Å². The van der Waals surface area contributed by atoms with E-state index in [4.69, 9.17) is 30.4 Å². The van der Waals surface area contributed by atoms with Crippen LogP contribution < -0.4 is 41.2 Å². The second-order valence-corrected chi connectivity index (χ2v) is 8.41. The number of nitrogens with zero attached hydrogens (tertiary/aromatic N) is 2. The van der Waals surface area contributed by atoms with Crippen molar-refractivity contribution in [3.05, 3.63) is 57.1 Å². The van der Waals surface area contributed by atoms with Crippen LogP contribution in [0.15, 0.2) is 40.9 Å². The molecule has 0 heterocycles. The fourth-order valence-electron chi connectivity index (χ4n) is 3.78. The van der Waals surface area contributed by atoms with Crippen LogP contribution in [0.2, 0.25) is 0 Å². The molecule has 6 N–H and O–H groups in total. The van der Waals surface area contributed by atoms with Crippen LogP contribution in [-0.2, 0) is 4.79 Å². The van der Waals surface area contributed by atoms with Gasteiger partial charge in [0.05, 0.1) is 34.1 Å². The van der Waals surface area contributed by atoms with Gasteiger partial charge in [-0.2, -0.15) is 0 Å². The average Bonchev–Trinajstić information content (AvgIpc) is 2.93. The summed E-state index contributed by atoms with van der Waals surface area (Å²) in [5.74, 6) is 0.388. The third-order valence-corrected chi connectivity index (χ3v) is 5.67. The Labute approximate surface area is 231 Å². The number of hydrazine groups is 1. The van der Waals surface area contributed by atoms with Crippen molar-refractivity contribution in [3.8, 4) is 23.0 Å². The molecule has 0 spiro atoms. The molecule has 0 saturated heterocycles. The third kappa shape index (κ3) is 8.51. The molecular weight excluding hydrogens is 524 g/mol. The van der Waals surface area contributed by atoms with Crippen LogP contribution in [-0.4, -0.2) is 63.7 Å². The van der Waals surface area contributed by atoms with Crippen molar-refractivity contribution in [2.75, 3.05) is 40.3 Å². The molecule has 14 heteroatoms. The fraction of sp³-hybridized carbons (Fsp3) is 0.346. The Kier molecular flexibility index (Phi) is 11.5. The maximum absolute atomic E-state index is 13.3. The van der Waals surface area contributed by atoms with Gasteiger partial charge in [-0.1, -0.05) is 0 Å². The van der Waals surface area contributed by atoms with Crippen molar-refractivity contribution in [3.63, 3.8) is 0 Å². The van der Waals surface area contributed by atoms with E-state index < -0.39 is 17.0 Å². The molecule has 0 saturated carbocycles. The van der Waals surface area contributed by atoms with E-state index in [-0.39, 0.29) is 41.7 Å². The van der Waals surface area contributed by atoms with Crippen LogP contribution in [0.25, 0.3) is 6.08 Å². The number of ether oxygens (including phenoxy) is 4. The summed E-state index contributed by atoms with van der Waals surface area (Å²) >= 11 is 0. The van der Waals surface area contributed by atoms with Gasteiger partial charge in [0.25, 0.3) is 5.91 Å². The summed E-state index contributed by atoms with van der Waals surface area (Å²) in [7, 11) is 5.87. The first-order valence-electron chi connectivity index (χ1n) is 12.0. The zero-order chi connectivity index (χ0) is 29.8. The van der Waals surface area contributed by atoms with Crippen molar-refractivity contribution in [2.24, 2.45) is 16.5 Å². The molecule has 0 aliphatic heterocycles. The number of hydrogen-bond acceptors (Lipinski definition) is 9. The number of guanidine groups is 1. The van der Waals surface area contributed by atoms with Gasteiger partial charge in [-0.15, -0.1) is 5.43 Å². The largest absolute Gasteiger partial charge is 0.495 e. The molecule has 2 aromatic carbocycles. The van der Waals surface area contributed by atoms with E-state index in [1.54, 1.807) is 31.2 Å². The lowest BCUT2D eigenvalue weighted by molar-refractivity contribution is -0.548. The van der Waals surface area contributed by atoms with Gasteiger partial charge in [0.15, 0.2) is 34.3 Å². The molecule has 2 aromatic rings.